The predicted molar refractivity (Wildman–Crippen MR) is 81.5 cm³/mol. The van der Waals surface area contributed by atoms with E-state index < -0.39 is 9.84 Å². The lowest BCUT2D eigenvalue weighted by Gasteiger charge is -2.34. The van der Waals surface area contributed by atoms with E-state index in [1.807, 2.05) is 18.2 Å². The molecule has 19 heavy (non-hydrogen) atoms. The normalized spacial score (nSPS) is 20.4. The molecule has 3 nitrogen and oxygen atoms in total. The van der Waals surface area contributed by atoms with Crippen molar-refractivity contribution in [2.75, 3.05) is 19.3 Å². The molecule has 1 aliphatic heterocycles. The standard InChI is InChI=1S/C14H21NO2S2/c1-11(18)15-8-6-12(7-9-15)13-4-3-5-14(10-13)19(2,16)17/h3-5,10-12,18H,6-9H2,1-2H3. The van der Waals surface area contributed by atoms with E-state index in [9.17, 15) is 8.42 Å². The first-order valence-corrected chi connectivity index (χ1v) is 9.01. The Kier molecular flexibility index (Phi) is 4.58. The van der Waals surface area contributed by atoms with Gasteiger partial charge in [-0.25, -0.2) is 8.42 Å². The van der Waals surface area contributed by atoms with Crippen LogP contribution in [0.5, 0.6) is 0 Å². The van der Waals surface area contributed by atoms with Crippen LogP contribution in [-0.4, -0.2) is 38.0 Å². The molecule has 1 fully saturated rings. The van der Waals surface area contributed by atoms with Gasteiger partial charge < -0.3 is 0 Å². The summed E-state index contributed by atoms with van der Waals surface area (Å²) in [6.45, 7) is 4.14. The fraction of sp³-hybridized carbons (Fsp3) is 0.571. The van der Waals surface area contributed by atoms with Crippen LogP contribution in [-0.2, 0) is 9.84 Å². The van der Waals surface area contributed by atoms with Gasteiger partial charge >= 0.3 is 0 Å². The predicted octanol–water partition coefficient (Wildman–Crippen LogP) is 2.55. The van der Waals surface area contributed by atoms with Crippen molar-refractivity contribution in [3.8, 4) is 0 Å². The first kappa shape index (κ1) is 14.9. The summed E-state index contributed by atoms with van der Waals surface area (Å²) in [4.78, 5) is 2.77. The van der Waals surface area contributed by atoms with Gasteiger partial charge in [-0.3, -0.25) is 4.90 Å². The van der Waals surface area contributed by atoms with Crippen LogP contribution in [0.4, 0.5) is 0 Å². The Morgan fingerprint density at radius 1 is 1.32 bits per heavy atom. The smallest absolute Gasteiger partial charge is 0.175 e. The minimum atomic E-state index is -3.11. The highest BCUT2D eigenvalue weighted by molar-refractivity contribution is 7.90. The van der Waals surface area contributed by atoms with Crippen molar-refractivity contribution in [1.82, 2.24) is 4.90 Å². The molecule has 0 radical (unpaired) electrons. The molecule has 1 aromatic rings. The molecule has 5 heteroatoms. The monoisotopic (exact) mass is 299 g/mol. The fourth-order valence-corrected chi connectivity index (χ4v) is 3.51. The van der Waals surface area contributed by atoms with Gasteiger partial charge in [0.2, 0.25) is 0 Å². The van der Waals surface area contributed by atoms with E-state index in [0.29, 0.717) is 16.2 Å². The Balaban J connectivity index is 2.12. The van der Waals surface area contributed by atoms with Crippen molar-refractivity contribution in [2.24, 2.45) is 0 Å². The molecule has 0 aliphatic carbocycles. The van der Waals surface area contributed by atoms with Crippen molar-refractivity contribution in [2.45, 2.75) is 36.0 Å². The quantitative estimate of drug-likeness (QED) is 0.872. The SMILES string of the molecule is CC(S)N1CCC(c2cccc(S(C)(=O)=O)c2)CC1. The summed E-state index contributed by atoms with van der Waals surface area (Å²) >= 11 is 4.46. The van der Waals surface area contributed by atoms with E-state index in [-0.39, 0.29) is 0 Å². The maximum Gasteiger partial charge on any atom is 0.175 e. The van der Waals surface area contributed by atoms with E-state index in [0.717, 1.165) is 31.5 Å². The first-order chi connectivity index (χ1) is 8.88. The lowest BCUT2D eigenvalue weighted by atomic mass is 9.89. The Bertz CT molecular complexity index is 532. The van der Waals surface area contributed by atoms with Crippen molar-refractivity contribution >= 4 is 22.5 Å². The van der Waals surface area contributed by atoms with E-state index in [4.69, 9.17) is 0 Å². The molecule has 1 saturated heterocycles. The van der Waals surface area contributed by atoms with E-state index in [1.54, 1.807) is 6.07 Å². The summed E-state index contributed by atoms with van der Waals surface area (Å²) in [6.07, 6.45) is 3.40. The topological polar surface area (TPSA) is 37.4 Å². The third kappa shape index (κ3) is 3.74. The molecule has 0 spiro atoms. The Morgan fingerprint density at radius 3 is 2.47 bits per heavy atom. The second kappa shape index (κ2) is 5.85. The molecular formula is C14H21NO2S2. The number of benzene rings is 1. The van der Waals surface area contributed by atoms with Crippen LogP contribution in [0, 0.1) is 0 Å². The van der Waals surface area contributed by atoms with Crippen molar-refractivity contribution in [3.63, 3.8) is 0 Å². The van der Waals surface area contributed by atoms with Crippen LogP contribution in [0.15, 0.2) is 29.2 Å². The van der Waals surface area contributed by atoms with Crippen molar-refractivity contribution in [1.29, 1.82) is 0 Å². The molecule has 0 amide bonds. The second-order valence-corrected chi connectivity index (χ2v) is 8.05. The molecule has 1 unspecified atom stereocenters. The van der Waals surface area contributed by atoms with Crippen LogP contribution < -0.4 is 0 Å². The van der Waals surface area contributed by atoms with Gasteiger partial charge in [-0.15, -0.1) is 0 Å². The molecule has 0 aromatic heterocycles. The summed E-state index contributed by atoms with van der Waals surface area (Å²) in [5.74, 6) is 0.463. The van der Waals surface area contributed by atoms with Crippen molar-refractivity contribution in [3.05, 3.63) is 29.8 Å². The van der Waals surface area contributed by atoms with Gasteiger partial charge in [0.05, 0.1) is 4.90 Å². The van der Waals surface area contributed by atoms with E-state index in [1.165, 1.54) is 6.26 Å². The lowest BCUT2D eigenvalue weighted by molar-refractivity contribution is 0.207. The van der Waals surface area contributed by atoms with Gasteiger partial charge in [0, 0.05) is 11.6 Å². The summed E-state index contributed by atoms with van der Waals surface area (Å²) < 4.78 is 23.2. The van der Waals surface area contributed by atoms with Gasteiger partial charge in [-0.2, -0.15) is 12.6 Å². The van der Waals surface area contributed by atoms with Crippen LogP contribution in [0.25, 0.3) is 0 Å². The van der Waals surface area contributed by atoms with Gasteiger partial charge in [0.1, 0.15) is 0 Å². The number of hydrogen-bond acceptors (Lipinski definition) is 4. The Labute approximate surface area is 121 Å². The largest absolute Gasteiger partial charge is 0.292 e. The van der Waals surface area contributed by atoms with Crippen LogP contribution in [0.2, 0.25) is 0 Å². The van der Waals surface area contributed by atoms with E-state index in [2.05, 4.69) is 24.5 Å². The number of rotatable bonds is 3. The minimum absolute atomic E-state index is 0.295. The summed E-state index contributed by atoms with van der Waals surface area (Å²) in [5, 5.41) is 0.295. The first-order valence-electron chi connectivity index (χ1n) is 6.60. The average molecular weight is 299 g/mol. The van der Waals surface area contributed by atoms with Gasteiger partial charge in [-0.05, 0) is 56.5 Å². The number of piperidine rings is 1. The number of likely N-dealkylation sites (tertiary alicyclic amines) is 1. The Hall–Kier alpha value is -0.520. The minimum Gasteiger partial charge on any atom is -0.292 e. The van der Waals surface area contributed by atoms with Crippen LogP contribution >= 0.6 is 12.6 Å². The van der Waals surface area contributed by atoms with Crippen molar-refractivity contribution < 1.29 is 8.42 Å². The number of sulfone groups is 1. The second-order valence-electron chi connectivity index (χ2n) is 5.29. The fourth-order valence-electron chi connectivity index (χ4n) is 2.61. The van der Waals surface area contributed by atoms with Crippen LogP contribution in [0.1, 0.15) is 31.2 Å². The molecular weight excluding hydrogens is 278 g/mol. The zero-order valence-corrected chi connectivity index (χ0v) is 13.1. The van der Waals surface area contributed by atoms with Gasteiger partial charge in [0.15, 0.2) is 9.84 Å². The summed E-state index contributed by atoms with van der Waals surface area (Å²) in [6, 6.07) is 7.39. The molecule has 0 N–H and O–H groups in total. The third-order valence-electron chi connectivity index (χ3n) is 3.82. The van der Waals surface area contributed by atoms with Gasteiger partial charge in [-0.1, -0.05) is 12.1 Å². The number of thiol groups is 1. The molecule has 1 aliphatic rings. The molecule has 1 atom stereocenters. The average Bonchev–Trinajstić information content (AvgIpc) is 2.38. The van der Waals surface area contributed by atoms with E-state index >= 15 is 0 Å². The molecule has 1 aromatic carbocycles. The summed E-state index contributed by atoms with van der Waals surface area (Å²) in [5.41, 5.74) is 1.15. The summed E-state index contributed by atoms with van der Waals surface area (Å²) in [7, 11) is -3.11. The molecule has 0 bridgehead atoms. The number of nitrogens with zero attached hydrogens (tertiary/aromatic N) is 1. The van der Waals surface area contributed by atoms with Crippen LogP contribution in [0.3, 0.4) is 0 Å². The maximum absolute atomic E-state index is 11.6. The Morgan fingerprint density at radius 2 is 1.95 bits per heavy atom. The highest BCUT2D eigenvalue weighted by atomic mass is 32.2. The lowest BCUT2D eigenvalue weighted by Crippen LogP contribution is -2.36. The number of hydrogen-bond donors (Lipinski definition) is 1. The van der Waals surface area contributed by atoms with Gasteiger partial charge in [0.25, 0.3) is 0 Å². The maximum atomic E-state index is 11.6. The molecule has 106 valence electrons. The molecule has 2 rings (SSSR count). The zero-order valence-electron chi connectivity index (χ0n) is 11.4. The third-order valence-corrected chi connectivity index (χ3v) is 5.25. The molecule has 1 heterocycles. The highest BCUT2D eigenvalue weighted by Crippen LogP contribution is 2.30. The molecule has 0 saturated carbocycles. The zero-order chi connectivity index (χ0) is 14.0. The highest BCUT2D eigenvalue weighted by Gasteiger charge is 2.23.